The number of hydrogen-bond donors (Lipinski definition) is 4. The Labute approximate surface area is 278 Å². The lowest BCUT2D eigenvalue weighted by Crippen LogP contribution is -2.42. The molecule has 10 nitrogen and oxygen atoms in total. The van der Waals surface area contributed by atoms with Gasteiger partial charge in [0.05, 0.1) is 11.5 Å². The fourth-order valence-electron chi connectivity index (χ4n) is 7.79. The molecule has 10 heteroatoms. The Kier molecular flexibility index (Phi) is 8.95. The van der Waals surface area contributed by atoms with Crippen molar-refractivity contribution in [2.45, 2.75) is 102 Å². The van der Waals surface area contributed by atoms with Crippen molar-refractivity contribution in [1.82, 2.24) is 41.5 Å². The second-order valence-electron chi connectivity index (χ2n) is 14.2. The smallest absolute Gasteiger partial charge is 0.251 e. The maximum absolute atomic E-state index is 13.1. The lowest BCUT2D eigenvalue weighted by molar-refractivity contribution is 0.0943. The number of amides is 1. The maximum Gasteiger partial charge on any atom is 0.251 e. The van der Waals surface area contributed by atoms with Crippen LogP contribution in [-0.2, 0) is 18.3 Å². The van der Waals surface area contributed by atoms with Crippen molar-refractivity contribution in [2.24, 2.45) is 5.92 Å². The number of aromatic nitrogens is 4. The van der Waals surface area contributed by atoms with Crippen LogP contribution in [0.1, 0.15) is 97.9 Å². The molecule has 3 aliphatic rings. The summed E-state index contributed by atoms with van der Waals surface area (Å²) in [5, 5.41) is 36.1. The van der Waals surface area contributed by atoms with E-state index in [1.165, 1.54) is 5.56 Å². The molecule has 47 heavy (non-hydrogen) atoms. The van der Waals surface area contributed by atoms with Crippen LogP contribution < -0.4 is 16.0 Å². The Morgan fingerprint density at radius 2 is 1.68 bits per heavy atom. The summed E-state index contributed by atoms with van der Waals surface area (Å²) in [4.78, 5) is 15.4. The Balaban J connectivity index is 1.40. The number of nitrogens with one attached hydrogen (secondary N) is 4. The van der Waals surface area contributed by atoms with Gasteiger partial charge in [-0.3, -0.25) is 4.79 Å². The highest BCUT2D eigenvalue weighted by Crippen LogP contribution is 2.49. The van der Waals surface area contributed by atoms with Gasteiger partial charge in [0.25, 0.3) is 5.91 Å². The van der Waals surface area contributed by atoms with Crippen molar-refractivity contribution < 1.29 is 4.79 Å². The van der Waals surface area contributed by atoms with Crippen LogP contribution in [0.3, 0.4) is 0 Å². The predicted molar refractivity (Wildman–Crippen MR) is 183 cm³/mol. The van der Waals surface area contributed by atoms with Gasteiger partial charge >= 0.3 is 0 Å². The number of rotatable bonds is 12. The van der Waals surface area contributed by atoms with Gasteiger partial charge in [0.15, 0.2) is 5.82 Å². The summed E-state index contributed by atoms with van der Waals surface area (Å²) in [6.45, 7) is 19.6. The van der Waals surface area contributed by atoms with Crippen LogP contribution in [0.2, 0.25) is 0 Å². The van der Waals surface area contributed by atoms with Gasteiger partial charge in [0, 0.05) is 47.7 Å². The fourth-order valence-corrected chi connectivity index (χ4v) is 7.79. The standard InChI is InChI=1S/C37H47N9O/c1-21(2)40-25(7)26-10-12-32-27(14-26)8-9-28-15-29(35(47)41-22(3)4)11-13-33(28)37(32,36-42-44-45-43-36)18-23(5)39-20-24(6)46-31(19-38)16-30-17-34(30)46/h10-15,21-23,30-31,34,39-40H,6-9,16-18,20H2,1-5H3,(H,41,47)(H,42,43,44,45)/t23-,30-,31?,34?,37?/m1/s1. The summed E-state index contributed by atoms with van der Waals surface area (Å²) in [6.07, 6.45) is 4.26. The Hall–Kier alpha value is -4.49. The first kappa shape index (κ1) is 32.5. The number of likely N-dealkylation sites (tertiary alicyclic amines) is 1. The second-order valence-corrected chi connectivity index (χ2v) is 14.2. The molecule has 1 aliphatic heterocycles. The zero-order valence-corrected chi connectivity index (χ0v) is 28.2. The minimum absolute atomic E-state index is 0.00311. The summed E-state index contributed by atoms with van der Waals surface area (Å²) < 4.78 is 0. The van der Waals surface area contributed by atoms with E-state index in [2.05, 4.69) is 106 Å². The lowest BCUT2D eigenvalue weighted by atomic mass is 9.67. The molecule has 2 aromatic carbocycles. The first-order chi connectivity index (χ1) is 22.5. The fraction of sp³-hybridized carbons (Fsp3) is 0.486. The first-order valence-electron chi connectivity index (χ1n) is 16.9. The van der Waals surface area contributed by atoms with Crippen LogP contribution in [0.25, 0.3) is 5.70 Å². The molecule has 246 valence electrons. The van der Waals surface area contributed by atoms with E-state index >= 15 is 0 Å². The van der Waals surface area contributed by atoms with Gasteiger partial charge in [-0.15, -0.1) is 10.2 Å². The van der Waals surface area contributed by atoms with Crippen molar-refractivity contribution in [1.29, 1.82) is 5.26 Å². The summed E-state index contributed by atoms with van der Waals surface area (Å²) in [5.74, 6) is 1.13. The van der Waals surface area contributed by atoms with Crippen LogP contribution >= 0.6 is 0 Å². The van der Waals surface area contributed by atoms with Crippen LogP contribution in [0, 0.1) is 17.2 Å². The molecule has 4 N–H and O–H groups in total. The number of nitriles is 1. The summed E-state index contributed by atoms with van der Waals surface area (Å²) >= 11 is 0. The molecule has 2 heterocycles. The number of aromatic amines is 1. The molecular weight excluding hydrogens is 586 g/mol. The van der Waals surface area contributed by atoms with Crippen molar-refractivity contribution in [3.8, 4) is 6.07 Å². The molecule has 3 unspecified atom stereocenters. The minimum atomic E-state index is -0.759. The molecule has 3 aromatic rings. The number of fused-ring (bicyclic) bond motifs is 3. The molecule has 1 saturated carbocycles. The number of aryl methyl sites for hydroxylation is 2. The number of tetrazole rings is 1. The number of nitrogens with zero attached hydrogens (tertiary/aromatic N) is 5. The third-order valence-electron chi connectivity index (χ3n) is 9.90. The molecule has 1 aromatic heterocycles. The lowest BCUT2D eigenvalue weighted by Gasteiger charge is -2.37. The van der Waals surface area contributed by atoms with Gasteiger partial charge in [-0.2, -0.15) is 10.5 Å². The average molecular weight is 634 g/mol. The Bertz CT molecular complexity index is 1630. The molecule has 0 radical (unpaired) electrons. The van der Waals surface area contributed by atoms with E-state index in [0.29, 0.717) is 36.3 Å². The molecule has 2 aliphatic carbocycles. The van der Waals surface area contributed by atoms with E-state index in [1.807, 2.05) is 26.0 Å². The number of carbonyl (C=O) groups excluding carboxylic acids is 1. The van der Waals surface area contributed by atoms with Crippen LogP contribution in [0.5, 0.6) is 0 Å². The van der Waals surface area contributed by atoms with Gasteiger partial charge in [-0.05, 0) is 119 Å². The van der Waals surface area contributed by atoms with Gasteiger partial charge < -0.3 is 20.9 Å². The Morgan fingerprint density at radius 3 is 2.30 bits per heavy atom. The van der Waals surface area contributed by atoms with Gasteiger partial charge in [-0.1, -0.05) is 36.6 Å². The number of piperidine rings is 1. The predicted octanol–water partition coefficient (Wildman–Crippen LogP) is 4.61. The molecule has 0 bridgehead atoms. The van der Waals surface area contributed by atoms with E-state index in [4.69, 9.17) is 0 Å². The van der Waals surface area contributed by atoms with Gasteiger partial charge in [0.2, 0.25) is 0 Å². The van der Waals surface area contributed by atoms with Crippen molar-refractivity contribution >= 4 is 11.6 Å². The van der Waals surface area contributed by atoms with Crippen LogP contribution in [0.15, 0.2) is 55.3 Å². The first-order valence-corrected chi connectivity index (χ1v) is 16.9. The highest BCUT2D eigenvalue weighted by atomic mass is 16.1. The molecule has 0 spiro atoms. The zero-order valence-electron chi connectivity index (χ0n) is 28.2. The highest BCUT2D eigenvalue weighted by molar-refractivity contribution is 5.94. The van der Waals surface area contributed by atoms with E-state index < -0.39 is 5.41 Å². The number of hydrogen-bond acceptors (Lipinski definition) is 8. The second kappa shape index (κ2) is 13.0. The molecule has 2 fully saturated rings. The molecule has 6 rings (SSSR count). The summed E-state index contributed by atoms with van der Waals surface area (Å²) in [7, 11) is 0. The average Bonchev–Trinajstić information content (AvgIpc) is 3.41. The monoisotopic (exact) mass is 633 g/mol. The maximum atomic E-state index is 13.1. The topological polar surface area (TPSA) is 135 Å². The normalized spacial score (nSPS) is 23.3. The van der Waals surface area contributed by atoms with E-state index in [-0.39, 0.29) is 30.1 Å². The van der Waals surface area contributed by atoms with E-state index in [0.717, 1.165) is 59.3 Å². The van der Waals surface area contributed by atoms with Gasteiger partial charge in [-0.25, -0.2) is 0 Å². The largest absolute Gasteiger partial charge is 0.383 e. The van der Waals surface area contributed by atoms with Crippen molar-refractivity contribution in [3.63, 3.8) is 0 Å². The Morgan fingerprint density at radius 1 is 1.02 bits per heavy atom. The third kappa shape index (κ3) is 6.29. The molecular formula is C37H47N9O. The van der Waals surface area contributed by atoms with E-state index in [1.54, 1.807) is 0 Å². The molecule has 1 amide bonds. The number of H-pyrrole nitrogens is 1. The number of carbonyl (C=O) groups is 1. The van der Waals surface area contributed by atoms with Crippen molar-refractivity contribution in [2.75, 3.05) is 6.54 Å². The highest BCUT2D eigenvalue weighted by Gasteiger charge is 2.52. The van der Waals surface area contributed by atoms with Crippen molar-refractivity contribution in [3.05, 3.63) is 94.5 Å². The van der Waals surface area contributed by atoms with Gasteiger partial charge in [0.1, 0.15) is 6.04 Å². The molecule has 1 saturated heterocycles. The summed E-state index contributed by atoms with van der Waals surface area (Å²) in [6, 6.07) is 15.7. The van der Waals surface area contributed by atoms with Crippen LogP contribution in [-0.4, -0.2) is 68.2 Å². The zero-order chi connectivity index (χ0) is 33.5. The van der Waals surface area contributed by atoms with E-state index in [9.17, 15) is 10.1 Å². The summed E-state index contributed by atoms with van der Waals surface area (Å²) in [5.41, 5.74) is 7.24. The SMILES string of the molecule is C=C(NC(C)C)c1ccc2c(c1)CCc1cc(C(=O)NC(C)C)ccc1C2(C[C@@H](C)NCC(=C)N1C(C#N)C[C@@H]2CC21)c1nn[nH]n1. The third-order valence-corrected chi connectivity index (χ3v) is 9.90. The van der Waals surface area contributed by atoms with Crippen LogP contribution in [0.4, 0.5) is 0 Å². The minimum Gasteiger partial charge on any atom is -0.383 e. The number of benzene rings is 2. The quantitative estimate of drug-likeness (QED) is 0.227. The molecule has 5 atom stereocenters.